The molecule has 2 aromatic carbocycles. The highest BCUT2D eigenvalue weighted by atomic mass is 16.1. The third kappa shape index (κ3) is 3.55. The number of rotatable bonds is 6. The number of tetrazole rings is 1. The Morgan fingerprint density at radius 3 is 2.67 bits per heavy atom. The minimum Gasteiger partial charge on any atom is -0.310 e. The van der Waals surface area contributed by atoms with Crippen LogP contribution in [0.15, 0.2) is 54.9 Å². The molecule has 0 unspecified atom stereocenters. The van der Waals surface area contributed by atoms with Gasteiger partial charge in [0.25, 0.3) is 0 Å². The highest BCUT2D eigenvalue weighted by molar-refractivity contribution is 5.92. The second kappa shape index (κ2) is 7.36. The Bertz CT molecular complexity index is 1050. The van der Waals surface area contributed by atoms with Crippen LogP contribution in [0.2, 0.25) is 0 Å². The summed E-state index contributed by atoms with van der Waals surface area (Å²) >= 11 is 0. The predicted molar refractivity (Wildman–Crippen MR) is 102 cm³/mol. The molecule has 2 aromatic heterocycles. The number of aromatic nitrogens is 6. The normalized spacial score (nSPS) is 11.0. The lowest BCUT2D eigenvalue weighted by atomic mass is 10.1. The molecule has 1 amide bonds. The van der Waals surface area contributed by atoms with Gasteiger partial charge in [-0.2, -0.15) is 0 Å². The molecule has 0 atom stereocenters. The summed E-state index contributed by atoms with van der Waals surface area (Å²) in [5, 5.41) is 14.0. The molecule has 0 aliphatic rings. The summed E-state index contributed by atoms with van der Waals surface area (Å²) in [6.07, 6.45) is 2.76. The predicted octanol–water partition coefficient (Wildman–Crippen LogP) is 2.60. The second-order valence-corrected chi connectivity index (χ2v) is 6.22. The first kappa shape index (κ1) is 16.9. The summed E-state index contributed by atoms with van der Waals surface area (Å²) in [7, 11) is 0. The number of aryl methyl sites for hydroxylation is 1. The monoisotopic (exact) mass is 361 g/mol. The van der Waals surface area contributed by atoms with E-state index in [0.29, 0.717) is 5.95 Å². The number of imidazole rings is 1. The summed E-state index contributed by atoms with van der Waals surface area (Å²) < 4.78 is 3.62. The number of hydrogen-bond donors (Lipinski definition) is 1. The highest BCUT2D eigenvalue weighted by Gasteiger charge is 2.13. The van der Waals surface area contributed by atoms with Crippen molar-refractivity contribution in [2.45, 2.75) is 26.3 Å². The van der Waals surface area contributed by atoms with E-state index < -0.39 is 0 Å². The van der Waals surface area contributed by atoms with E-state index in [-0.39, 0.29) is 12.3 Å². The van der Waals surface area contributed by atoms with Crippen molar-refractivity contribution in [2.75, 3.05) is 5.32 Å². The van der Waals surface area contributed by atoms with Gasteiger partial charge in [0, 0.05) is 6.54 Å². The summed E-state index contributed by atoms with van der Waals surface area (Å²) in [6.45, 7) is 2.91. The van der Waals surface area contributed by atoms with Gasteiger partial charge in [0.2, 0.25) is 11.9 Å². The lowest BCUT2D eigenvalue weighted by Gasteiger charge is -2.09. The topological polar surface area (TPSA) is 90.5 Å². The second-order valence-electron chi connectivity index (χ2n) is 6.22. The summed E-state index contributed by atoms with van der Waals surface area (Å²) in [5.74, 6) is 0.492. The van der Waals surface area contributed by atoms with Gasteiger partial charge < -0.3 is 4.57 Å². The van der Waals surface area contributed by atoms with Crippen molar-refractivity contribution in [2.24, 2.45) is 0 Å². The van der Waals surface area contributed by atoms with Crippen molar-refractivity contribution >= 4 is 22.9 Å². The molecule has 0 spiro atoms. The Balaban J connectivity index is 1.49. The number of fused-ring (bicyclic) bond motifs is 1. The molecule has 0 radical (unpaired) electrons. The van der Waals surface area contributed by atoms with Crippen LogP contribution in [0.4, 0.5) is 5.95 Å². The van der Waals surface area contributed by atoms with Crippen LogP contribution in [0.1, 0.15) is 18.9 Å². The van der Waals surface area contributed by atoms with Gasteiger partial charge in [-0.1, -0.05) is 31.2 Å². The van der Waals surface area contributed by atoms with Crippen LogP contribution in [0, 0.1) is 0 Å². The molecule has 0 bridgehead atoms. The smallest absolute Gasteiger partial charge is 0.231 e. The molecule has 136 valence electrons. The van der Waals surface area contributed by atoms with Gasteiger partial charge in [0.05, 0.1) is 23.1 Å². The fourth-order valence-corrected chi connectivity index (χ4v) is 3.02. The Kier molecular flexibility index (Phi) is 4.61. The molecule has 0 saturated heterocycles. The van der Waals surface area contributed by atoms with Crippen LogP contribution < -0.4 is 5.32 Å². The minimum atomic E-state index is -0.0992. The van der Waals surface area contributed by atoms with Gasteiger partial charge in [0.15, 0.2) is 0 Å². The fourth-order valence-electron chi connectivity index (χ4n) is 3.02. The summed E-state index contributed by atoms with van der Waals surface area (Å²) in [4.78, 5) is 17.1. The first-order valence-corrected chi connectivity index (χ1v) is 8.82. The fraction of sp³-hybridized carbons (Fsp3) is 0.211. The van der Waals surface area contributed by atoms with E-state index in [2.05, 4.69) is 32.7 Å². The van der Waals surface area contributed by atoms with Crippen LogP contribution in [0.3, 0.4) is 0 Å². The van der Waals surface area contributed by atoms with Crippen molar-refractivity contribution in [1.82, 2.24) is 29.8 Å². The van der Waals surface area contributed by atoms with E-state index in [9.17, 15) is 4.79 Å². The van der Waals surface area contributed by atoms with Crippen molar-refractivity contribution in [1.29, 1.82) is 0 Å². The molecule has 0 fully saturated rings. The zero-order valence-electron chi connectivity index (χ0n) is 14.9. The SMILES string of the molecule is CCCn1c(NC(=O)Cc2ccc(-n3cnnn3)cc2)nc2ccccc21. The van der Waals surface area contributed by atoms with Crippen LogP contribution in [0.25, 0.3) is 16.7 Å². The van der Waals surface area contributed by atoms with E-state index >= 15 is 0 Å². The van der Waals surface area contributed by atoms with Gasteiger partial charge >= 0.3 is 0 Å². The standard InChI is InChI=1S/C19H19N7O/c1-2-11-25-17-6-4-3-5-16(17)21-19(25)22-18(27)12-14-7-9-15(10-8-14)26-13-20-23-24-26/h3-10,13H,2,11-12H2,1H3,(H,21,22,27). The number of benzene rings is 2. The van der Waals surface area contributed by atoms with Crippen molar-refractivity contribution < 1.29 is 4.79 Å². The number of nitrogens with one attached hydrogen (secondary N) is 1. The van der Waals surface area contributed by atoms with Crippen LogP contribution in [-0.2, 0) is 17.8 Å². The lowest BCUT2D eigenvalue weighted by Crippen LogP contribution is -2.18. The van der Waals surface area contributed by atoms with Crippen molar-refractivity contribution in [3.63, 3.8) is 0 Å². The molecular weight excluding hydrogens is 342 g/mol. The van der Waals surface area contributed by atoms with Crippen LogP contribution in [0.5, 0.6) is 0 Å². The molecule has 0 aliphatic heterocycles. The van der Waals surface area contributed by atoms with Crippen LogP contribution in [-0.4, -0.2) is 35.7 Å². The Morgan fingerprint density at radius 2 is 1.93 bits per heavy atom. The molecular formula is C19H19N7O. The van der Waals surface area contributed by atoms with Crippen molar-refractivity contribution in [3.8, 4) is 5.69 Å². The number of hydrogen-bond acceptors (Lipinski definition) is 5. The zero-order chi connectivity index (χ0) is 18.6. The summed E-state index contributed by atoms with van der Waals surface area (Å²) in [6, 6.07) is 15.4. The number of carbonyl (C=O) groups is 1. The van der Waals surface area contributed by atoms with Gasteiger partial charge in [-0.05, 0) is 46.7 Å². The first-order chi connectivity index (χ1) is 13.2. The van der Waals surface area contributed by atoms with E-state index in [1.165, 1.54) is 6.33 Å². The average molecular weight is 361 g/mol. The molecule has 4 aromatic rings. The number of amides is 1. The quantitative estimate of drug-likeness (QED) is 0.570. The molecule has 4 rings (SSSR count). The number of anilines is 1. The number of nitrogens with zero attached hydrogens (tertiary/aromatic N) is 6. The van der Waals surface area contributed by atoms with Crippen LogP contribution >= 0.6 is 0 Å². The average Bonchev–Trinajstić information content (AvgIpc) is 3.32. The first-order valence-electron chi connectivity index (χ1n) is 8.82. The Morgan fingerprint density at radius 1 is 1.11 bits per heavy atom. The maximum atomic E-state index is 12.5. The third-order valence-electron chi connectivity index (χ3n) is 4.27. The van der Waals surface area contributed by atoms with Crippen molar-refractivity contribution in [3.05, 3.63) is 60.4 Å². The van der Waals surface area contributed by atoms with Gasteiger partial charge in [-0.3, -0.25) is 10.1 Å². The van der Waals surface area contributed by atoms with E-state index in [1.807, 2.05) is 53.1 Å². The molecule has 2 heterocycles. The summed E-state index contributed by atoms with van der Waals surface area (Å²) in [5.41, 5.74) is 3.66. The van der Waals surface area contributed by atoms with Gasteiger partial charge in [-0.25, -0.2) is 9.67 Å². The van der Waals surface area contributed by atoms with Gasteiger partial charge in [0.1, 0.15) is 6.33 Å². The Labute approximate surface area is 155 Å². The maximum Gasteiger partial charge on any atom is 0.231 e. The van der Waals surface area contributed by atoms with E-state index in [0.717, 1.165) is 35.2 Å². The van der Waals surface area contributed by atoms with Gasteiger partial charge in [-0.15, -0.1) is 5.10 Å². The number of para-hydroxylation sites is 2. The maximum absolute atomic E-state index is 12.5. The molecule has 0 saturated carbocycles. The highest BCUT2D eigenvalue weighted by Crippen LogP contribution is 2.20. The molecule has 0 aliphatic carbocycles. The zero-order valence-corrected chi connectivity index (χ0v) is 14.9. The largest absolute Gasteiger partial charge is 0.310 e. The third-order valence-corrected chi connectivity index (χ3v) is 4.27. The molecule has 1 N–H and O–H groups in total. The number of carbonyl (C=O) groups excluding carboxylic acids is 1. The Hall–Kier alpha value is -3.55. The van der Waals surface area contributed by atoms with E-state index in [4.69, 9.17) is 0 Å². The molecule has 8 heteroatoms. The lowest BCUT2D eigenvalue weighted by molar-refractivity contribution is -0.115. The minimum absolute atomic E-state index is 0.0992. The molecule has 8 nitrogen and oxygen atoms in total. The van der Waals surface area contributed by atoms with E-state index in [1.54, 1.807) is 4.68 Å². The molecule has 27 heavy (non-hydrogen) atoms.